The van der Waals surface area contributed by atoms with E-state index in [4.69, 9.17) is 0 Å². The minimum atomic E-state index is -3.42. The van der Waals surface area contributed by atoms with E-state index in [2.05, 4.69) is 12.2 Å². The fourth-order valence-corrected chi connectivity index (χ4v) is 4.11. The lowest BCUT2D eigenvalue weighted by Crippen LogP contribution is -2.31. The molecule has 1 amide bonds. The van der Waals surface area contributed by atoms with Crippen LogP contribution in [0.1, 0.15) is 42.0 Å². The van der Waals surface area contributed by atoms with E-state index < -0.39 is 10.0 Å². The van der Waals surface area contributed by atoms with Gasteiger partial charge in [0.25, 0.3) is 0 Å². The van der Waals surface area contributed by atoms with Gasteiger partial charge in [0.2, 0.25) is 15.9 Å². The summed E-state index contributed by atoms with van der Waals surface area (Å²) in [4.78, 5) is 12.4. The van der Waals surface area contributed by atoms with Crippen molar-refractivity contribution in [2.45, 2.75) is 47.0 Å². The van der Waals surface area contributed by atoms with Gasteiger partial charge in [-0.25, -0.2) is 8.42 Å². The fourth-order valence-electron chi connectivity index (χ4n) is 3.15. The Morgan fingerprint density at radius 1 is 1.04 bits per heavy atom. The van der Waals surface area contributed by atoms with Crippen molar-refractivity contribution in [3.8, 4) is 0 Å². The highest BCUT2D eigenvalue weighted by molar-refractivity contribution is 7.92. The quantitative estimate of drug-likeness (QED) is 0.713. The predicted octanol–water partition coefficient (Wildman–Crippen LogP) is 4.36. The van der Waals surface area contributed by atoms with Gasteiger partial charge in [0.05, 0.1) is 11.9 Å². The molecule has 0 aliphatic carbocycles. The average molecular weight is 403 g/mol. The first-order valence-electron chi connectivity index (χ1n) is 9.56. The molecule has 0 saturated carbocycles. The van der Waals surface area contributed by atoms with Crippen molar-refractivity contribution in [1.29, 1.82) is 0 Å². The Bertz CT molecular complexity index is 952. The number of para-hydroxylation sites is 1. The van der Waals surface area contributed by atoms with E-state index in [1.54, 1.807) is 0 Å². The number of anilines is 2. The summed E-state index contributed by atoms with van der Waals surface area (Å²) in [6.07, 6.45) is 2.74. The van der Waals surface area contributed by atoms with Crippen molar-refractivity contribution in [3.63, 3.8) is 0 Å². The molecular weight excluding hydrogens is 372 g/mol. The van der Waals surface area contributed by atoms with Gasteiger partial charge in [0.1, 0.15) is 0 Å². The average Bonchev–Trinajstić information content (AvgIpc) is 2.62. The molecule has 0 atom stereocenters. The summed E-state index contributed by atoms with van der Waals surface area (Å²) in [7, 11) is -3.42. The summed E-state index contributed by atoms with van der Waals surface area (Å²) in [6.45, 7) is 8.24. The number of amides is 1. The zero-order valence-electron chi connectivity index (χ0n) is 17.4. The van der Waals surface area contributed by atoms with Gasteiger partial charge in [-0.3, -0.25) is 9.10 Å². The number of carbonyl (C=O) groups is 1. The highest BCUT2D eigenvalue weighted by Crippen LogP contribution is 2.23. The maximum Gasteiger partial charge on any atom is 0.232 e. The van der Waals surface area contributed by atoms with E-state index in [9.17, 15) is 13.2 Å². The van der Waals surface area contributed by atoms with Crippen LogP contribution >= 0.6 is 0 Å². The van der Waals surface area contributed by atoms with Gasteiger partial charge < -0.3 is 5.32 Å². The Kier molecular flexibility index (Phi) is 7.24. The van der Waals surface area contributed by atoms with Crippen molar-refractivity contribution in [3.05, 3.63) is 58.7 Å². The Morgan fingerprint density at radius 2 is 1.75 bits per heavy atom. The van der Waals surface area contributed by atoms with Crippen LogP contribution in [0.15, 0.2) is 36.4 Å². The molecule has 152 valence electrons. The number of hydrogen-bond donors (Lipinski definition) is 1. The molecule has 0 fully saturated rings. The Labute approximate surface area is 168 Å². The zero-order valence-corrected chi connectivity index (χ0v) is 18.2. The largest absolute Gasteiger partial charge is 0.326 e. The third-order valence-corrected chi connectivity index (χ3v) is 6.14. The Morgan fingerprint density at radius 3 is 2.36 bits per heavy atom. The molecule has 0 bridgehead atoms. The molecule has 0 saturated heterocycles. The topological polar surface area (TPSA) is 66.5 Å². The van der Waals surface area contributed by atoms with Crippen molar-refractivity contribution in [2.75, 3.05) is 22.4 Å². The normalized spacial score (nSPS) is 11.3. The summed E-state index contributed by atoms with van der Waals surface area (Å²) < 4.78 is 25.9. The molecule has 1 N–H and O–H groups in total. The molecule has 0 aliphatic heterocycles. The second-order valence-electron chi connectivity index (χ2n) is 7.22. The second kappa shape index (κ2) is 9.24. The van der Waals surface area contributed by atoms with Crippen LogP contribution in [0.3, 0.4) is 0 Å². The smallest absolute Gasteiger partial charge is 0.232 e. The molecule has 0 heterocycles. The lowest BCUT2D eigenvalue weighted by atomic mass is 10.1. The molecule has 6 heteroatoms. The first-order valence-corrected chi connectivity index (χ1v) is 11.4. The molecule has 0 unspecified atom stereocenters. The monoisotopic (exact) mass is 402 g/mol. The molecule has 0 spiro atoms. The van der Waals surface area contributed by atoms with Crippen molar-refractivity contribution >= 4 is 27.3 Å². The summed E-state index contributed by atoms with van der Waals surface area (Å²) in [5, 5.41) is 2.99. The SMILES string of the molecule is CCc1cccc(C)c1NC(=O)CCCN(c1ccc(C)c(C)c1)S(C)(=O)=O. The number of benzene rings is 2. The number of hydrogen-bond acceptors (Lipinski definition) is 3. The molecule has 28 heavy (non-hydrogen) atoms. The molecule has 0 radical (unpaired) electrons. The van der Waals surface area contributed by atoms with E-state index in [1.807, 2.05) is 57.2 Å². The molecule has 5 nitrogen and oxygen atoms in total. The van der Waals surface area contributed by atoms with Crippen LogP contribution in [-0.4, -0.2) is 27.1 Å². The number of sulfonamides is 1. The lowest BCUT2D eigenvalue weighted by molar-refractivity contribution is -0.116. The number of carbonyl (C=O) groups excluding carboxylic acids is 1. The van der Waals surface area contributed by atoms with Gasteiger partial charge in [-0.1, -0.05) is 31.2 Å². The van der Waals surface area contributed by atoms with Crippen molar-refractivity contribution in [1.82, 2.24) is 0 Å². The second-order valence-corrected chi connectivity index (χ2v) is 9.12. The first kappa shape index (κ1) is 22.0. The van der Waals surface area contributed by atoms with Gasteiger partial charge in [0.15, 0.2) is 0 Å². The molecule has 0 aliphatic rings. The Balaban J connectivity index is 2.05. The van der Waals surface area contributed by atoms with E-state index in [0.29, 0.717) is 12.1 Å². The van der Waals surface area contributed by atoms with Crippen LogP contribution < -0.4 is 9.62 Å². The highest BCUT2D eigenvalue weighted by atomic mass is 32.2. The van der Waals surface area contributed by atoms with Gasteiger partial charge in [-0.2, -0.15) is 0 Å². The summed E-state index contributed by atoms with van der Waals surface area (Å²) in [5.74, 6) is -0.0995. The maximum absolute atomic E-state index is 12.4. The summed E-state index contributed by atoms with van der Waals surface area (Å²) in [6, 6.07) is 11.6. The van der Waals surface area contributed by atoms with Gasteiger partial charge in [0, 0.05) is 18.7 Å². The van der Waals surface area contributed by atoms with Gasteiger partial charge in [-0.15, -0.1) is 0 Å². The number of aryl methyl sites for hydroxylation is 4. The highest BCUT2D eigenvalue weighted by Gasteiger charge is 2.18. The van der Waals surface area contributed by atoms with Crippen LogP contribution in [0, 0.1) is 20.8 Å². The van der Waals surface area contributed by atoms with E-state index in [-0.39, 0.29) is 18.9 Å². The van der Waals surface area contributed by atoms with Crippen LogP contribution in [0.25, 0.3) is 0 Å². The van der Waals surface area contributed by atoms with Crippen LogP contribution in [-0.2, 0) is 21.2 Å². The number of rotatable bonds is 8. The molecule has 0 aromatic heterocycles. The van der Waals surface area contributed by atoms with Crippen LogP contribution in [0.2, 0.25) is 0 Å². The first-order chi connectivity index (χ1) is 13.1. The number of nitrogens with one attached hydrogen (secondary N) is 1. The molecular formula is C22H30N2O3S. The van der Waals surface area contributed by atoms with Gasteiger partial charge >= 0.3 is 0 Å². The van der Waals surface area contributed by atoms with Crippen LogP contribution in [0.5, 0.6) is 0 Å². The molecule has 2 aromatic carbocycles. The minimum absolute atomic E-state index is 0.0995. The van der Waals surface area contributed by atoms with Crippen molar-refractivity contribution < 1.29 is 13.2 Å². The van der Waals surface area contributed by atoms with Crippen molar-refractivity contribution in [2.24, 2.45) is 0 Å². The van der Waals surface area contributed by atoms with E-state index in [1.165, 1.54) is 10.6 Å². The molecule has 2 rings (SSSR count). The summed E-state index contributed by atoms with van der Waals surface area (Å²) >= 11 is 0. The standard InChI is InChI=1S/C22H30N2O3S/c1-6-19-10-7-9-17(3)22(19)23-21(25)11-8-14-24(28(5,26)27)20-13-12-16(2)18(4)15-20/h7,9-10,12-13,15H,6,8,11,14H2,1-5H3,(H,23,25). The molecule has 2 aromatic rings. The lowest BCUT2D eigenvalue weighted by Gasteiger charge is -2.23. The third-order valence-electron chi connectivity index (χ3n) is 4.95. The van der Waals surface area contributed by atoms with E-state index in [0.717, 1.165) is 34.4 Å². The van der Waals surface area contributed by atoms with E-state index >= 15 is 0 Å². The minimum Gasteiger partial charge on any atom is -0.326 e. The van der Waals surface area contributed by atoms with Gasteiger partial charge in [-0.05, 0) is 68.0 Å². The Hall–Kier alpha value is -2.34. The number of nitrogens with zero attached hydrogens (tertiary/aromatic N) is 1. The third kappa shape index (κ3) is 5.58. The van der Waals surface area contributed by atoms with Crippen LogP contribution in [0.4, 0.5) is 11.4 Å². The maximum atomic E-state index is 12.4. The predicted molar refractivity (Wildman–Crippen MR) is 117 cm³/mol. The fraction of sp³-hybridized carbons (Fsp3) is 0.409. The summed E-state index contributed by atoms with van der Waals surface area (Å²) in [5.41, 5.74) is 5.78. The zero-order chi connectivity index (χ0) is 20.9.